The van der Waals surface area contributed by atoms with Gasteiger partial charge in [0.1, 0.15) is 6.61 Å². The smallest absolute Gasteiger partial charge is 0.246 e. The van der Waals surface area contributed by atoms with Crippen LogP contribution in [0.15, 0.2) is 24.3 Å². The first kappa shape index (κ1) is 16.0. The molecule has 0 aliphatic carbocycles. The highest BCUT2D eigenvalue weighted by Crippen LogP contribution is 2.15. The summed E-state index contributed by atoms with van der Waals surface area (Å²) in [5.74, 6) is -0.174. The third kappa shape index (κ3) is 6.05. The lowest BCUT2D eigenvalue weighted by molar-refractivity contribution is -0.126. The van der Waals surface area contributed by atoms with Gasteiger partial charge in [-0.05, 0) is 24.5 Å². The Labute approximate surface area is 118 Å². The first-order chi connectivity index (χ1) is 9.17. The number of amides is 1. The van der Waals surface area contributed by atoms with Crippen molar-refractivity contribution < 1.29 is 14.6 Å². The number of aliphatic hydroxyl groups is 1. The first-order valence-electron chi connectivity index (χ1n) is 6.38. The molecule has 0 aromatic heterocycles. The van der Waals surface area contributed by atoms with E-state index < -0.39 is 0 Å². The number of benzene rings is 1. The molecule has 1 aromatic rings. The molecular formula is C14H20ClNO3. The van der Waals surface area contributed by atoms with Gasteiger partial charge in [-0.1, -0.05) is 36.7 Å². The van der Waals surface area contributed by atoms with Crippen LogP contribution < -0.4 is 5.32 Å². The number of nitrogens with one attached hydrogen (secondary N) is 1. The van der Waals surface area contributed by atoms with Crippen molar-refractivity contribution in [3.8, 4) is 0 Å². The Morgan fingerprint density at radius 2 is 2.21 bits per heavy atom. The molecular weight excluding hydrogens is 266 g/mol. The molecule has 106 valence electrons. The molecule has 0 saturated carbocycles. The van der Waals surface area contributed by atoms with Gasteiger partial charge in [-0.25, -0.2) is 0 Å². The topological polar surface area (TPSA) is 58.6 Å². The fourth-order valence-corrected chi connectivity index (χ4v) is 1.86. The minimum absolute atomic E-state index is 0.00131. The van der Waals surface area contributed by atoms with Crippen LogP contribution >= 0.6 is 11.6 Å². The summed E-state index contributed by atoms with van der Waals surface area (Å²) in [4.78, 5) is 11.6. The standard InChI is InChI=1S/C14H20ClNO3/c1-2-12(7-8-17)16-14(18)10-19-9-11-5-3-4-6-13(11)15/h3-6,12,17H,2,7-10H2,1H3,(H,16,18). The average Bonchev–Trinajstić information content (AvgIpc) is 2.40. The van der Waals surface area contributed by atoms with E-state index in [1.165, 1.54) is 0 Å². The Bertz CT molecular complexity index is 398. The maximum Gasteiger partial charge on any atom is 0.246 e. The molecule has 0 saturated heterocycles. The minimum atomic E-state index is -0.174. The van der Waals surface area contributed by atoms with Crippen LogP contribution in [0.5, 0.6) is 0 Å². The summed E-state index contributed by atoms with van der Waals surface area (Å²) in [6, 6.07) is 7.37. The molecule has 4 nitrogen and oxygen atoms in total. The van der Waals surface area contributed by atoms with E-state index in [1.807, 2.05) is 25.1 Å². The van der Waals surface area contributed by atoms with Crippen molar-refractivity contribution in [3.63, 3.8) is 0 Å². The Morgan fingerprint density at radius 3 is 2.84 bits per heavy atom. The molecule has 2 N–H and O–H groups in total. The largest absolute Gasteiger partial charge is 0.396 e. The van der Waals surface area contributed by atoms with Crippen LogP contribution in [0, 0.1) is 0 Å². The molecule has 0 aliphatic rings. The highest BCUT2D eigenvalue weighted by Gasteiger charge is 2.10. The van der Waals surface area contributed by atoms with Gasteiger partial charge < -0.3 is 15.2 Å². The Kier molecular flexibility index (Phi) is 7.48. The van der Waals surface area contributed by atoms with E-state index >= 15 is 0 Å². The van der Waals surface area contributed by atoms with Gasteiger partial charge in [-0.3, -0.25) is 4.79 Å². The molecule has 1 atom stereocenters. The van der Waals surface area contributed by atoms with Gasteiger partial charge >= 0.3 is 0 Å². The van der Waals surface area contributed by atoms with E-state index in [2.05, 4.69) is 5.32 Å². The predicted molar refractivity (Wildman–Crippen MR) is 75.0 cm³/mol. The molecule has 0 radical (unpaired) electrons. The summed E-state index contributed by atoms with van der Waals surface area (Å²) < 4.78 is 5.33. The molecule has 1 amide bonds. The number of carbonyl (C=O) groups is 1. The number of aliphatic hydroxyl groups excluding tert-OH is 1. The molecule has 19 heavy (non-hydrogen) atoms. The van der Waals surface area contributed by atoms with Crippen molar-refractivity contribution in [1.29, 1.82) is 0 Å². The normalized spacial score (nSPS) is 12.2. The number of ether oxygens (including phenoxy) is 1. The fourth-order valence-electron chi connectivity index (χ4n) is 1.67. The molecule has 1 aromatic carbocycles. The molecule has 0 heterocycles. The van der Waals surface area contributed by atoms with Crippen molar-refractivity contribution in [2.75, 3.05) is 13.2 Å². The van der Waals surface area contributed by atoms with Crippen LogP contribution in [0.25, 0.3) is 0 Å². The van der Waals surface area contributed by atoms with Gasteiger partial charge in [0.25, 0.3) is 0 Å². The SMILES string of the molecule is CCC(CCO)NC(=O)COCc1ccccc1Cl. The third-order valence-electron chi connectivity index (χ3n) is 2.78. The van der Waals surface area contributed by atoms with Crippen molar-refractivity contribution in [1.82, 2.24) is 5.32 Å². The zero-order chi connectivity index (χ0) is 14.1. The molecule has 0 bridgehead atoms. The van der Waals surface area contributed by atoms with Gasteiger partial charge in [0.15, 0.2) is 0 Å². The zero-order valence-electron chi connectivity index (χ0n) is 11.1. The lowest BCUT2D eigenvalue weighted by Crippen LogP contribution is -2.37. The van der Waals surface area contributed by atoms with Gasteiger partial charge in [0, 0.05) is 17.7 Å². The Morgan fingerprint density at radius 1 is 1.47 bits per heavy atom. The highest BCUT2D eigenvalue weighted by atomic mass is 35.5. The Hall–Kier alpha value is -1.10. The monoisotopic (exact) mass is 285 g/mol. The second-order valence-electron chi connectivity index (χ2n) is 4.27. The molecule has 0 fully saturated rings. The summed E-state index contributed by atoms with van der Waals surface area (Å²) in [5, 5.41) is 12.3. The number of rotatable bonds is 8. The van der Waals surface area contributed by atoms with Gasteiger partial charge in [0.2, 0.25) is 5.91 Å². The van der Waals surface area contributed by atoms with Crippen LogP contribution in [0.1, 0.15) is 25.3 Å². The van der Waals surface area contributed by atoms with Crippen molar-refractivity contribution in [2.24, 2.45) is 0 Å². The van der Waals surface area contributed by atoms with E-state index in [-0.39, 0.29) is 25.2 Å². The summed E-state index contributed by atoms with van der Waals surface area (Å²) in [6.07, 6.45) is 1.35. The second-order valence-corrected chi connectivity index (χ2v) is 4.68. The third-order valence-corrected chi connectivity index (χ3v) is 3.15. The van der Waals surface area contributed by atoms with Crippen LogP contribution in [-0.4, -0.2) is 30.3 Å². The van der Waals surface area contributed by atoms with Crippen molar-refractivity contribution >= 4 is 17.5 Å². The van der Waals surface area contributed by atoms with E-state index in [1.54, 1.807) is 6.07 Å². The molecule has 1 unspecified atom stereocenters. The van der Waals surface area contributed by atoms with Crippen molar-refractivity contribution in [3.05, 3.63) is 34.9 Å². The predicted octanol–water partition coefficient (Wildman–Crippen LogP) is 2.13. The first-order valence-corrected chi connectivity index (χ1v) is 6.76. The van der Waals surface area contributed by atoms with Gasteiger partial charge in [-0.2, -0.15) is 0 Å². The summed E-state index contributed by atoms with van der Waals surface area (Å²) in [5.41, 5.74) is 0.861. The number of hydrogen-bond acceptors (Lipinski definition) is 3. The van der Waals surface area contributed by atoms with Crippen LogP contribution in [-0.2, 0) is 16.1 Å². The Balaban J connectivity index is 2.29. The lowest BCUT2D eigenvalue weighted by atomic mass is 10.1. The highest BCUT2D eigenvalue weighted by molar-refractivity contribution is 6.31. The van der Waals surface area contributed by atoms with E-state index in [0.29, 0.717) is 18.1 Å². The number of hydrogen-bond donors (Lipinski definition) is 2. The van der Waals surface area contributed by atoms with E-state index in [9.17, 15) is 4.79 Å². The molecule has 0 spiro atoms. The van der Waals surface area contributed by atoms with Gasteiger partial charge in [0.05, 0.1) is 6.61 Å². The maximum atomic E-state index is 11.6. The summed E-state index contributed by atoms with van der Waals surface area (Å²) in [6.45, 7) is 2.33. The van der Waals surface area contributed by atoms with Crippen LogP contribution in [0.2, 0.25) is 5.02 Å². The summed E-state index contributed by atoms with van der Waals surface area (Å²) in [7, 11) is 0. The van der Waals surface area contributed by atoms with Gasteiger partial charge in [-0.15, -0.1) is 0 Å². The van der Waals surface area contributed by atoms with Crippen LogP contribution in [0.4, 0.5) is 0 Å². The quantitative estimate of drug-likeness (QED) is 0.769. The average molecular weight is 286 g/mol. The van der Waals surface area contributed by atoms with E-state index in [4.69, 9.17) is 21.4 Å². The second kappa shape index (κ2) is 8.91. The number of carbonyl (C=O) groups excluding carboxylic acids is 1. The maximum absolute atomic E-state index is 11.6. The minimum Gasteiger partial charge on any atom is -0.396 e. The summed E-state index contributed by atoms with van der Waals surface area (Å²) >= 11 is 5.98. The van der Waals surface area contributed by atoms with E-state index in [0.717, 1.165) is 12.0 Å². The number of halogens is 1. The van der Waals surface area contributed by atoms with Crippen LogP contribution in [0.3, 0.4) is 0 Å². The molecule has 5 heteroatoms. The molecule has 1 rings (SSSR count). The fraction of sp³-hybridized carbons (Fsp3) is 0.500. The molecule has 0 aliphatic heterocycles. The zero-order valence-corrected chi connectivity index (χ0v) is 11.8. The van der Waals surface area contributed by atoms with Crippen molar-refractivity contribution in [2.45, 2.75) is 32.4 Å². The lowest BCUT2D eigenvalue weighted by Gasteiger charge is -2.15.